The molecular formula is C25H28N2O3. The van der Waals surface area contributed by atoms with Crippen LogP contribution in [0.2, 0.25) is 0 Å². The predicted octanol–water partition coefficient (Wildman–Crippen LogP) is 3.92. The molecule has 0 radical (unpaired) electrons. The van der Waals surface area contributed by atoms with Crippen molar-refractivity contribution in [3.63, 3.8) is 0 Å². The summed E-state index contributed by atoms with van der Waals surface area (Å²) in [6.45, 7) is 2.84. The van der Waals surface area contributed by atoms with E-state index in [0.29, 0.717) is 25.9 Å². The van der Waals surface area contributed by atoms with Crippen LogP contribution in [0.25, 0.3) is 6.08 Å². The number of anilines is 1. The molecular weight excluding hydrogens is 376 g/mol. The monoisotopic (exact) mass is 404 g/mol. The van der Waals surface area contributed by atoms with E-state index in [9.17, 15) is 14.7 Å². The van der Waals surface area contributed by atoms with Crippen molar-refractivity contribution >= 4 is 23.6 Å². The van der Waals surface area contributed by atoms with Crippen LogP contribution in [0.4, 0.5) is 5.69 Å². The molecule has 1 N–H and O–H groups in total. The summed E-state index contributed by atoms with van der Waals surface area (Å²) >= 11 is 0. The lowest BCUT2D eigenvalue weighted by Crippen LogP contribution is -2.52. The van der Waals surface area contributed by atoms with E-state index in [1.165, 1.54) is 5.69 Å². The normalized spacial score (nSPS) is 23.4. The average molecular weight is 405 g/mol. The average Bonchev–Trinajstić information content (AvgIpc) is 2.80. The van der Waals surface area contributed by atoms with Gasteiger partial charge in [-0.15, -0.1) is 0 Å². The Bertz CT molecular complexity index is 903. The molecule has 1 saturated heterocycles. The molecule has 0 aromatic heterocycles. The van der Waals surface area contributed by atoms with Gasteiger partial charge in [-0.25, -0.2) is 0 Å². The topological polar surface area (TPSA) is 60.9 Å². The first-order valence-electron chi connectivity index (χ1n) is 10.7. The van der Waals surface area contributed by atoms with Crippen LogP contribution < -0.4 is 4.90 Å². The second-order valence-corrected chi connectivity index (χ2v) is 8.16. The van der Waals surface area contributed by atoms with Gasteiger partial charge in [0.15, 0.2) is 0 Å². The Kier molecular flexibility index (Phi) is 6.17. The first-order valence-corrected chi connectivity index (χ1v) is 10.7. The summed E-state index contributed by atoms with van der Waals surface area (Å²) in [5.74, 6) is -1.93. The summed E-state index contributed by atoms with van der Waals surface area (Å²) in [4.78, 5) is 29.3. The van der Waals surface area contributed by atoms with Gasteiger partial charge in [0.2, 0.25) is 5.91 Å². The minimum atomic E-state index is -0.866. The van der Waals surface area contributed by atoms with Crippen molar-refractivity contribution in [1.82, 2.24) is 4.90 Å². The van der Waals surface area contributed by atoms with E-state index in [0.717, 1.165) is 30.6 Å². The van der Waals surface area contributed by atoms with Gasteiger partial charge in [0.1, 0.15) is 0 Å². The standard InChI is InChI=1S/C25H28N2O3/c28-24(27-15-13-26(14-16-27)21-9-5-2-6-10-21)22-12-11-20(18-23(22)25(29)30)17-19-7-3-1-4-8-19/h1-10,17,22-23H,11-16,18H2,(H,29,30)/b20-17+/t22-,23-/m0/s1. The lowest BCUT2D eigenvalue weighted by atomic mass is 9.75. The smallest absolute Gasteiger partial charge is 0.307 e. The zero-order chi connectivity index (χ0) is 20.9. The molecule has 1 amide bonds. The van der Waals surface area contributed by atoms with Gasteiger partial charge in [-0.2, -0.15) is 0 Å². The summed E-state index contributed by atoms with van der Waals surface area (Å²) in [7, 11) is 0. The number of carbonyl (C=O) groups excluding carboxylic acids is 1. The third-order valence-electron chi connectivity index (χ3n) is 6.26. The Morgan fingerprint density at radius 1 is 0.867 bits per heavy atom. The number of benzene rings is 2. The molecule has 4 rings (SSSR count). The highest BCUT2D eigenvalue weighted by molar-refractivity contribution is 5.85. The Labute approximate surface area is 177 Å². The van der Waals surface area contributed by atoms with E-state index in [2.05, 4.69) is 23.1 Å². The van der Waals surface area contributed by atoms with Gasteiger partial charge in [0.25, 0.3) is 0 Å². The summed E-state index contributed by atoms with van der Waals surface area (Å²) in [6.07, 6.45) is 3.91. The van der Waals surface area contributed by atoms with Gasteiger partial charge < -0.3 is 14.9 Å². The highest BCUT2D eigenvalue weighted by Crippen LogP contribution is 2.36. The predicted molar refractivity (Wildman–Crippen MR) is 118 cm³/mol. The minimum absolute atomic E-state index is 0.00822. The van der Waals surface area contributed by atoms with E-state index in [1.807, 2.05) is 53.4 Å². The second-order valence-electron chi connectivity index (χ2n) is 8.16. The Morgan fingerprint density at radius 3 is 2.13 bits per heavy atom. The van der Waals surface area contributed by atoms with Crippen molar-refractivity contribution in [2.75, 3.05) is 31.1 Å². The third-order valence-corrected chi connectivity index (χ3v) is 6.26. The maximum atomic E-state index is 13.2. The number of aliphatic carboxylic acids is 1. The summed E-state index contributed by atoms with van der Waals surface area (Å²) in [5, 5.41) is 9.82. The van der Waals surface area contributed by atoms with E-state index in [4.69, 9.17) is 0 Å². The van der Waals surface area contributed by atoms with Crippen molar-refractivity contribution in [3.8, 4) is 0 Å². The SMILES string of the molecule is O=C(O)[C@H]1C/C(=C/c2ccccc2)CC[C@@H]1C(=O)N1CCN(c2ccccc2)CC1. The maximum Gasteiger partial charge on any atom is 0.307 e. The van der Waals surface area contributed by atoms with Crippen molar-refractivity contribution in [1.29, 1.82) is 0 Å². The Hall–Kier alpha value is -3.08. The van der Waals surface area contributed by atoms with E-state index >= 15 is 0 Å². The molecule has 0 unspecified atom stereocenters. The molecule has 2 atom stereocenters. The van der Waals surface area contributed by atoms with Crippen LogP contribution in [0.5, 0.6) is 0 Å². The summed E-state index contributed by atoms with van der Waals surface area (Å²) in [5.41, 5.74) is 3.37. The second kappa shape index (κ2) is 9.16. The molecule has 30 heavy (non-hydrogen) atoms. The number of carbonyl (C=O) groups is 2. The molecule has 1 heterocycles. The first kappa shape index (κ1) is 20.2. The van der Waals surface area contributed by atoms with Crippen LogP contribution >= 0.6 is 0 Å². The number of hydrogen-bond donors (Lipinski definition) is 1. The molecule has 0 bridgehead atoms. The largest absolute Gasteiger partial charge is 0.481 e. The van der Waals surface area contributed by atoms with E-state index < -0.39 is 17.8 Å². The van der Waals surface area contributed by atoms with Crippen molar-refractivity contribution in [2.45, 2.75) is 19.3 Å². The number of para-hydroxylation sites is 1. The first-order chi connectivity index (χ1) is 14.6. The Morgan fingerprint density at radius 2 is 1.50 bits per heavy atom. The number of carboxylic acid groups (broad SMARTS) is 1. The van der Waals surface area contributed by atoms with Gasteiger partial charge in [-0.3, -0.25) is 9.59 Å². The molecule has 2 fully saturated rings. The summed E-state index contributed by atoms with van der Waals surface area (Å²) in [6, 6.07) is 20.2. The van der Waals surface area contributed by atoms with Gasteiger partial charge in [0, 0.05) is 31.9 Å². The van der Waals surface area contributed by atoms with Crippen molar-refractivity contribution in [3.05, 3.63) is 71.8 Å². The van der Waals surface area contributed by atoms with Gasteiger partial charge in [-0.1, -0.05) is 60.2 Å². The van der Waals surface area contributed by atoms with Crippen LogP contribution in [-0.2, 0) is 9.59 Å². The number of hydrogen-bond acceptors (Lipinski definition) is 3. The summed E-state index contributed by atoms with van der Waals surface area (Å²) < 4.78 is 0. The zero-order valence-electron chi connectivity index (χ0n) is 17.1. The number of piperazine rings is 1. The van der Waals surface area contributed by atoms with Crippen molar-refractivity contribution < 1.29 is 14.7 Å². The molecule has 1 aliphatic heterocycles. The molecule has 1 aliphatic carbocycles. The molecule has 2 aromatic rings. The fraction of sp³-hybridized carbons (Fsp3) is 0.360. The van der Waals surface area contributed by atoms with Crippen LogP contribution in [0.1, 0.15) is 24.8 Å². The highest BCUT2D eigenvalue weighted by atomic mass is 16.4. The molecule has 156 valence electrons. The van der Waals surface area contributed by atoms with Crippen LogP contribution in [0.15, 0.2) is 66.2 Å². The van der Waals surface area contributed by atoms with Crippen LogP contribution in [-0.4, -0.2) is 48.1 Å². The molecule has 1 saturated carbocycles. The van der Waals surface area contributed by atoms with Gasteiger partial charge in [-0.05, 0) is 37.0 Å². The molecule has 0 spiro atoms. The van der Waals surface area contributed by atoms with Crippen LogP contribution in [0, 0.1) is 11.8 Å². The fourth-order valence-electron chi connectivity index (χ4n) is 4.60. The number of nitrogens with zero attached hydrogens (tertiary/aromatic N) is 2. The molecule has 5 nitrogen and oxygen atoms in total. The number of amides is 1. The number of carboxylic acids is 1. The Balaban J connectivity index is 1.40. The minimum Gasteiger partial charge on any atom is -0.481 e. The highest BCUT2D eigenvalue weighted by Gasteiger charge is 2.39. The maximum absolute atomic E-state index is 13.2. The number of rotatable bonds is 4. The van der Waals surface area contributed by atoms with Crippen LogP contribution in [0.3, 0.4) is 0 Å². The van der Waals surface area contributed by atoms with Gasteiger partial charge >= 0.3 is 5.97 Å². The molecule has 2 aliphatic rings. The lowest BCUT2D eigenvalue weighted by Gasteiger charge is -2.39. The van der Waals surface area contributed by atoms with E-state index in [1.54, 1.807) is 0 Å². The lowest BCUT2D eigenvalue weighted by molar-refractivity contribution is -0.151. The molecule has 5 heteroatoms. The quantitative estimate of drug-likeness (QED) is 0.839. The number of allylic oxidation sites excluding steroid dienone is 1. The fourth-order valence-corrected chi connectivity index (χ4v) is 4.60. The van der Waals surface area contributed by atoms with Crippen molar-refractivity contribution in [2.24, 2.45) is 11.8 Å². The molecule has 2 aromatic carbocycles. The van der Waals surface area contributed by atoms with Gasteiger partial charge in [0.05, 0.1) is 11.8 Å². The third kappa shape index (κ3) is 4.56. The van der Waals surface area contributed by atoms with E-state index in [-0.39, 0.29) is 5.91 Å². The zero-order valence-corrected chi connectivity index (χ0v) is 17.1.